The van der Waals surface area contributed by atoms with E-state index in [4.69, 9.17) is 9.97 Å². The van der Waals surface area contributed by atoms with Gasteiger partial charge in [-0.25, -0.2) is 9.97 Å². The lowest BCUT2D eigenvalue weighted by atomic mass is 9.97. The van der Waals surface area contributed by atoms with E-state index < -0.39 is 0 Å². The minimum atomic E-state index is 0.824. The molecule has 4 aromatic heterocycles. The van der Waals surface area contributed by atoms with Crippen molar-refractivity contribution in [3.8, 4) is 0 Å². The molecule has 4 nitrogen and oxygen atoms in total. The first-order valence-electron chi connectivity index (χ1n) is 14.7. The average Bonchev–Trinajstić information content (AvgIpc) is 3.65. The number of benzene rings is 6. The Morgan fingerprint density at radius 3 is 1.28 bits per heavy atom. The maximum Gasteiger partial charge on any atom is 0.146 e. The molecule has 0 aliphatic carbocycles. The highest BCUT2D eigenvalue weighted by atomic mass is 15.0. The summed E-state index contributed by atoms with van der Waals surface area (Å²) >= 11 is 0. The molecule has 0 spiro atoms. The second kappa shape index (κ2) is 8.40. The molecule has 0 aliphatic heterocycles. The monoisotopic (exact) mass is 548 g/mol. The number of fused-ring (bicyclic) bond motifs is 16. The van der Waals surface area contributed by atoms with Crippen molar-refractivity contribution in [3.63, 3.8) is 0 Å². The summed E-state index contributed by atoms with van der Waals surface area (Å²) in [7, 11) is 0. The quantitative estimate of drug-likeness (QED) is 0.202. The lowest BCUT2D eigenvalue weighted by Crippen LogP contribution is -1.95. The Morgan fingerprint density at radius 1 is 0.372 bits per heavy atom. The van der Waals surface area contributed by atoms with Crippen molar-refractivity contribution in [2.75, 3.05) is 0 Å². The van der Waals surface area contributed by atoms with Crippen molar-refractivity contribution in [3.05, 3.63) is 145 Å². The van der Waals surface area contributed by atoms with Gasteiger partial charge in [-0.15, -0.1) is 0 Å². The van der Waals surface area contributed by atoms with Gasteiger partial charge in [0.05, 0.1) is 33.1 Å². The number of rotatable bonds is 2. The Kier molecular flexibility index (Phi) is 4.47. The standard InChI is InChI=1S/C39H24N4/c1-5-13-34-28(9-1)26-19-17-24(22-30(26)38-40-32-11-3-7-15-36(32)42(34)38)21-25-18-20-27-29-10-2-6-14-35(29)43-37-16-8-4-12-33(37)41-39(43)31(27)23-25/h1-20,22-23H,21H2. The normalized spacial score (nSPS) is 12.3. The second-order valence-electron chi connectivity index (χ2n) is 11.5. The van der Waals surface area contributed by atoms with Crippen LogP contribution in [0.5, 0.6) is 0 Å². The Labute approximate surface area is 246 Å². The Balaban J connectivity index is 1.20. The van der Waals surface area contributed by atoms with Crippen LogP contribution in [0.2, 0.25) is 0 Å². The first-order valence-corrected chi connectivity index (χ1v) is 14.7. The predicted octanol–water partition coefficient (Wildman–Crippen LogP) is 9.49. The minimum absolute atomic E-state index is 0.824. The SMILES string of the molecule is c1ccc2c(c1)nc1c3cc(Cc4ccc5c6ccccc6n6c7ccccc7nc6c5c4)ccc3c3ccccc3n21. The summed E-state index contributed by atoms with van der Waals surface area (Å²) < 4.78 is 4.63. The van der Waals surface area contributed by atoms with E-state index >= 15 is 0 Å². The molecule has 200 valence electrons. The first kappa shape index (κ1) is 22.9. The molecule has 0 amide bonds. The third-order valence-corrected chi connectivity index (χ3v) is 9.05. The number of hydrogen-bond acceptors (Lipinski definition) is 2. The number of pyridine rings is 2. The van der Waals surface area contributed by atoms with E-state index in [1.165, 1.54) is 54.5 Å². The van der Waals surface area contributed by atoms with E-state index in [0.717, 1.165) is 39.8 Å². The van der Waals surface area contributed by atoms with Gasteiger partial charge in [0.25, 0.3) is 0 Å². The fourth-order valence-electron chi connectivity index (χ4n) is 7.17. The van der Waals surface area contributed by atoms with Crippen LogP contribution < -0.4 is 0 Å². The maximum absolute atomic E-state index is 5.12. The van der Waals surface area contributed by atoms with Gasteiger partial charge in [-0.2, -0.15) is 0 Å². The van der Waals surface area contributed by atoms with Crippen molar-refractivity contribution in [2.45, 2.75) is 6.42 Å². The van der Waals surface area contributed by atoms with Gasteiger partial charge >= 0.3 is 0 Å². The highest BCUT2D eigenvalue weighted by Crippen LogP contribution is 2.35. The molecule has 10 rings (SSSR count). The summed E-state index contributed by atoms with van der Waals surface area (Å²) in [6, 6.07) is 47.9. The van der Waals surface area contributed by atoms with Crippen LogP contribution in [-0.2, 0) is 6.42 Å². The van der Waals surface area contributed by atoms with Crippen LogP contribution in [0.1, 0.15) is 11.1 Å². The van der Waals surface area contributed by atoms with Gasteiger partial charge in [0.1, 0.15) is 11.3 Å². The molecule has 4 heterocycles. The third kappa shape index (κ3) is 3.15. The van der Waals surface area contributed by atoms with Crippen LogP contribution in [0, 0.1) is 0 Å². The maximum atomic E-state index is 5.12. The van der Waals surface area contributed by atoms with Crippen molar-refractivity contribution in [2.24, 2.45) is 0 Å². The molecular weight excluding hydrogens is 524 g/mol. The van der Waals surface area contributed by atoms with E-state index in [1.54, 1.807) is 0 Å². The van der Waals surface area contributed by atoms with Crippen LogP contribution >= 0.6 is 0 Å². The number of para-hydroxylation sites is 6. The molecule has 0 bridgehead atoms. The molecule has 0 N–H and O–H groups in total. The van der Waals surface area contributed by atoms with E-state index in [-0.39, 0.29) is 0 Å². The van der Waals surface area contributed by atoms with E-state index in [2.05, 4.69) is 142 Å². The topological polar surface area (TPSA) is 34.6 Å². The van der Waals surface area contributed by atoms with Crippen LogP contribution in [-0.4, -0.2) is 18.8 Å². The molecule has 0 radical (unpaired) electrons. The molecule has 43 heavy (non-hydrogen) atoms. The van der Waals surface area contributed by atoms with Crippen LogP contribution in [0.25, 0.3) is 76.7 Å². The second-order valence-corrected chi connectivity index (χ2v) is 11.5. The lowest BCUT2D eigenvalue weighted by Gasteiger charge is -2.12. The summed E-state index contributed by atoms with van der Waals surface area (Å²) in [6.07, 6.45) is 0.824. The summed E-state index contributed by atoms with van der Waals surface area (Å²) in [4.78, 5) is 10.2. The van der Waals surface area contributed by atoms with Crippen molar-refractivity contribution < 1.29 is 0 Å². The first-order chi connectivity index (χ1) is 21.3. The third-order valence-electron chi connectivity index (χ3n) is 9.05. The zero-order valence-corrected chi connectivity index (χ0v) is 23.2. The Hall–Kier alpha value is -5.74. The number of nitrogens with zero attached hydrogens (tertiary/aromatic N) is 4. The fraction of sp³-hybridized carbons (Fsp3) is 0.0256. The van der Waals surface area contributed by atoms with Crippen LogP contribution in [0.15, 0.2) is 133 Å². The summed E-state index contributed by atoms with van der Waals surface area (Å²) in [6.45, 7) is 0. The predicted molar refractivity (Wildman–Crippen MR) is 178 cm³/mol. The van der Waals surface area contributed by atoms with Gasteiger partial charge in [0.2, 0.25) is 0 Å². The molecule has 0 aliphatic rings. The van der Waals surface area contributed by atoms with E-state index in [9.17, 15) is 0 Å². The van der Waals surface area contributed by atoms with Gasteiger partial charge in [-0.1, -0.05) is 84.9 Å². The summed E-state index contributed by atoms with van der Waals surface area (Å²) in [5, 5.41) is 7.31. The van der Waals surface area contributed by atoms with E-state index in [0.29, 0.717) is 0 Å². The average molecular weight is 549 g/mol. The molecule has 0 saturated heterocycles. The summed E-state index contributed by atoms with van der Waals surface area (Å²) in [5.41, 5.74) is 11.2. The van der Waals surface area contributed by atoms with Gasteiger partial charge in [-0.3, -0.25) is 8.80 Å². The van der Waals surface area contributed by atoms with Gasteiger partial charge in [-0.05, 0) is 76.9 Å². The van der Waals surface area contributed by atoms with Crippen molar-refractivity contribution in [1.29, 1.82) is 0 Å². The number of hydrogen-bond donors (Lipinski definition) is 0. The Morgan fingerprint density at radius 2 is 0.791 bits per heavy atom. The zero-order valence-electron chi connectivity index (χ0n) is 23.2. The molecule has 0 fully saturated rings. The molecule has 0 atom stereocenters. The van der Waals surface area contributed by atoms with Crippen molar-refractivity contribution in [1.82, 2.24) is 18.8 Å². The van der Waals surface area contributed by atoms with E-state index in [1.807, 2.05) is 0 Å². The smallest absolute Gasteiger partial charge is 0.146 e. The highest BCUT2D eigenvalue weighted by molar-refractivity contribution is 6.15. The Bertz CT molecular complexity index is 2570. The summed E-state index contributed by atoms with van der Waals surface area (Å²) in [5.74, 6) is 0. The molecular formula is C39H24N4. The van der Waals surface area contributed by atoms with Crippen molar-refractivity contribution >= 4 is 76.7 Å². The van der Waals surface area contributed by atoms with Gasteiger partial charge in [0, 0.05) is 21.5 Å². The van der Waals surface area contributed by atoms with Crippen LogP contribution in [0.3, 0.4) is 0 Å². The number of imidazole rings is 2. The molecule has 4 heteroatoms. The lowest BCUT2D eigenvalue weighted by molar-refractivity contribution is 1.20. The highest BCUT2D eigenvalue weighted by Gasteiger charge is 2.16. The minimum Gasteiger partial charge on any atom is -0.292 e. The fourth-order valence-corrected chi connectivity index (χ4v) is 7.17. The zero-order chi connectivity index (χ0) is 28.1. The van der Waals surface area contributed by atoms with Crippen LogP contribution in [0.4, 0.5) is 0 Å². The largest absolute Gasteiger partial charge is 0.292 e. The van der Waals surface area contributed by atoms with Gasteiger partial charge in [0.15, 0.2) is 0 Å². The molecule has 0 saturated carbocycles. The number of aromatic nitrogens is 4. The van der Waals surface area contributed by atoms with Gasteiger partial charge < -0.3 is 0 Å². The molecule has 0 unspecified atom stereocenters. The molecule has 6 aromatic carbocycles. The molecule has 10 aromatic rings.